The van der Waals surface area contributed by atoms with Crippen LogP contribution in [0.3, 0.4) is 0 Å². The van der Waals surface area contributed by atoms with Crippen molar-refractivity contribution >= 4 is 23.2 Å². The smallest absolute Gasteiger partial charge is 0.250 e. The quantitative estimate of drug-likeness (QED) is 0.872. The van der Waals surface area contributed by atoms with Gasteiger partial charge in [0.15, 0.2) is 0 Å². The van der Waals surface area contributed by atoms with Crippen LogP contribution in [-0.4, -0.2) is 32.1 Å². The summed E-state index contributed by atoms with van der Waals surface area (Å²) in [5.41, 5.74) is 6.70. The van der Waals surface area contributed by atoms with Crippen LogP contribution in [0.25, 0.3) is 0 Å². The zero-order chi connectivity index (χ0) is 13.1. The van der Waals surface area contributed by atoms with E-state index in [1.165, 1.54) is 6.42 Å². The van der Waals surface area contributed by atoms with Gasteiger partial charge >= 0.3 is 0 Å². The van der Waals surface area contributed by atoms with Gasteiger partial charge in [-0.15, -0.1) is 0 Å². The summed E-state index contributed by atoms with van der Waals surface area (Å²) in [6.07, 6.45) is 2.37. The standard InChI is InChI=1S/C13H18ClN3O/c1-17(8-10-3-2-6-16-10)12-7-9(14)4-5-11(12)13(15)18/h4-5,7,10,16H,2-3,6,8H2,1H3,(H2,15,18). The predicted octanol–water partition coefficient (Wildman–Crippen LogP) is 1.63. The number of carbonyl (C=O) groups excluding carboxylic acids is 1. The average molecular weight is 268 g/mol. The second kappa shape index (κ2) is 5.59. The molecule has 1 aliphatic heterocycles. The highest BCUT2D eigenvalue weighted by Gasteiger charge is 2.19. The second-order valence-electron chi connectivity index (χ2n) is 4.70. The number of carbonyl (C=O) groups is 1. The molecule has 18 heavy (non-hydrogen) atoms. The molecule has 1 amide bonds. The minimum atomic E-state index is -0.423. The number of rotatable bonds is 4. The van der Waals surface area contributed by atoms with E-state index in [0.29, 0.717) is 16.6 Å². The zero-order valence-corrected chi connectivity index (χ0v) is 11.2. The monoisotopic (exact) mass is 267 g/mol. The van der Waals surface area contributed by atoms with E-state index in [2.05, 4.69) is 5.32 Å². The Balaban J connectivity index is 2.19. The van der Waals surface area contributed by atoms with Crippen molar-refractivity contribution in [3.05, 3.63) is 28.8 Å². The lowest BCUT2D eigenvalue weighted by atomic mass is 10.1. The molecule has 2 rings (SSSR count). The highest BCUT2D eigenvalue weighted by atomic mass is 35.5. The molecule has 4 nitrogen and oxygen atoms in total. The summed E-state index contributed by atoms with van der Waals surface area (Å²) in [6, 6.07) is 5.62. The molecule has 1 aromatic carbocycles. The van der Waals surface area contributed by atoms with Gasteiger partial charge in [0.25, 0.3) is 5.91 Å². The fraction of sp³-hybridized carbons (Fsp3) is 0.462. The molecular weight excluding hydrogens is 250 g/mol. The number of amides is 1. The van der Waals surface area contributed by atoms with Gasteiger partial charge in [0.2, 0.25) is 0 Å². The van der Waals surface area contributed by atoms with Gasteiger partial charge in [0.05, 0.1) is 11.3 Å². The fourth-order valence-electron chi connectivity index (χ4n) is 2.37. The van der Waals surface area contributed by atoms with Gasteiger partial charge in [0, 0.05) is 24.7 Å². The summed E-state index contributed by atoms with van der Waals surface area (Å²) >= 11 is 5.99. The highest BCUT2D eigenvalue weighted by Crippen LogP contribution is 2.24. The van der Waals surface area contributed by atoms with E-state index in [0.717, 1.165) is 25.2 Å². The third-order valence-corrected chi connectivity index (χ3v) is 3.53. The van der Waals surface area contributed by atoms with Crippen molar-refractivity contribution in [3.63, 3.8) is 0 Å². The third kappa shape index (κ3) is 2.94. The molecule has 0 radical (unpaired) electrons. The number of primary amides is 1. The largest absolute Gasteiger partial charge is 0.372 e. The van der Waals surface area contributed by atoms with Gasteiger partial charge < -0.3 is 16.0 Å². The Morgan fingerprint density at radius 3 is 3.00 bits per heavy atom. The minimum Gasteiger partial charge on any atom is -0.372 e. The van der Waals surface area contributed by atoms with E-state index < -0.39 is 5.91 Å². The van der Waals surface area contributed by atoms with E-state index in [-0.39, 0.29) is 0 Å². The second-order valence-corrected chi connectivity index (χ2v) is 5.14. The Bertz CT molecular complexity index is 444. The summed E-state index contributed by atoms with van der Waals surface area (Å²) in [6.45, 7) is 1.91. The molecule has 1 atom stereocenters. The number of benzene rings is 1. The van der Waals surface area contributed by atoms with E-state index in [9.17, 15) is 4.79 Å². The number of halogens is 1. The Labute approximate surface area is 112 Å². The molecule has 1 fully saturated rings. The normalized spacial score (nSPS) is 18.9. The number of hydrogen-bond acceptors (Lipinski definition) is 3. The van der Waals surface area contributed by atoms with Crippen LogP contribution in [0.15, 0.2) is 18.2 Å². The van der Waals surface area contributed by atoms with Crippen LogP contribution in [0.2, 0.25) is 5.02 Å². The van der Waals surface area contributed by atoms with Crippen LogP contribution in [0.5, 0.6) is 0 Å². The number of nitrogens with one attached hydrogen (secondary N) is 1. The minimum absolute atomic E-state index is 0.423. The summed E-state index contributed by atoms with van der Waals surface area (Å²) in [4.78, 5) is 13.4. The maximum atomic E-state index is 11.4. The van der Waals surface area contributed by atoms with Gasteiger partial charge in [-0.1, -0.05) is 11.6 Å². The summed E-state index contributed by atoms with van der Waals surface area (Å²) < 4.78 is 0. The lowest BCUT2D eigenvalue weighted by Crippen LogP contribution is -2.36. The van der Waals surface area contributed by atoms with Crippen molar-refractivity contribution in [2.45, 2.75) is 18.9 Å². The molecule has 0 saturated carbocycles. The SMILES string of the molecule is CN(CC1CCCN1)c1cc(Cl)ccc1C(N)=O. The molecule has 0 aliphatic carbocycles. The van der Waals surface area contributed by atoms with Gasteiger partial charge in [0.1, 0.15) is 0 Å². The molecule has 1 aliphatic rings. The Hall–Kier alpha value is -1.26. The van der Waals surface area contributed by atoms with E-state index >= 15 is 0 Å². The number of nitrogens with zero attached hydrogens (tertiary/aromatic N) is 1. The Morgan fingerprint density at radius 1 is 1.61 bits per heavy atom. The first kappa shape index (κ1) is 13.2. The summed E-state index contributed by atoms with van der Waals surface area (Å²) in [5.74, 6) is -0.423. The summed E-state index contributed by atoms with van der Waals surface area (Å²) in [7, 11) is 1.96. The van der Waals surface area contributed by atoms with Gasteiger partial charge in [-0.2, -0.15) is 0 Å². The molecule has 98 valence electrons. The molecule has 0 aromatic heterocycles. The Kier molecular flexibility index (Phi) is 4.09. The van der Waals surface area contributed by atoms with Gasteiger partial charge in [-0.05, 0) is 37.6 Å². The predicted molar refractivity (Wildman–Crippen MR) is 74.3 cm³/mol. The van der Waals surface area contributed by atoms with Crippen LogP contribution in [0, 0.1) is 0 Å². The number of hydrogen-bond donors (Lipinski definition) is 2. The third-order valence-electron chi connectivity index (χ3n) is 3.29. The van der Waals surface area contributed by atoms with Crippen LogP contribution < -0.4 is 16.0 Å². The molecule has 1 unspecified atom stereocenters. The van der Waals surface area contributed by atoms with Crippen LogP contribution >= 0.6 is 11.6 Å². The van der Waals surface area contributed by atoms with Crippen molar-refractivity contribution < 1.29 is 4.79 Å². The van der Waals surface area contributed by atoms with Crippen molar-refractivity contribution in [1.82, 2.24) is 5.32 Å². The van der Waals surface area contributed by atoms with Crippen LogP contribution in [-0.2, 0) is 0 Å². The molecule has 0 spiro atoms. The molecule has 1 heterocycles. The van der Waals surface area contributed by atoms with Crippen molar-refractivity contribution in [2.24, 2.45) is 5.73 Å². The number of likely N-dealkylation sites (N-methyl/N-ethyl adjacent to an activating group) is 1. The lowest BCUT2D eigenvalue weighted by molar-refractivity contribution is 0.100. The molecule has 5 heteroatoms. The van der Waals surface area contributed by atoms with Crippen molar-refractivity contribution in [3.8, 4) is 0 Å². The molecule has 1 aromatic rings. The highest BCUT2D eigenvalue weighted by molar-refractivity contribution is 6.31. The zero-order valence-electron chi connectivity index (χ0n) is 10.4. The average Bonchev–Trinajstić information content (AvgIpc) is 2.81. The lowest BCUT2D eigenvalue weighted by Gasteiger charge is -2.25. The Morgan fingerprint density at radius 2 is 2.39 bits per heavy atom. The fourth-order valence-corrected chi connectivity index (χ4v) is 2.54. The molecule has 3 N–H and O–H groups in total. The first-order valence-electron chi connectivity index (χ1n) is 6.12. The van der Waals surface area contributed by atoms with E-state index in [1.54, 1.807) is 18.2 Å². The molecule has 1 saturated heterocycles. The first-order valence-corrected chi connectivity index (χ1v) is 6.49. The first-order chi connectivity index (χ1) is 8.58. The molecule has 0 bridgehead atoms. The number of nitrogens with two attached hydrogens (primary N) is 1. The van der Waals surface area contributed by atoms with Gasteiger partial charge in [-0.3, -0.25) is 4.79 Å². The number of anilines is 1. The van der Waals surface area contributed by atoms with Crippen molar-refractivity contribution in [2.75, 3.05) is 25.0 Å². The molecular formula is C13H18ClN3O. The van der Waals surface area contributed by atoms with Crippen molar-refractivity contribution in [1.29, 1.82) is 0 Å². The topological polar surface area (TPSA) is 58.4 Å². The maximum Gasteiger partial charge on any atom is 0.250 e. The van der Waals surface area contributed by atoms with Crippen LogP contribution in [0.4, 0.5) is 5.69 Å². The maximum absolute atomic E-state index is 11.4. The van der Waals surface area contributed by atoms with E-state index in [1.807, 2.05) is 11.9 Å². The summed E-state index contributed by atoms with van der Waals surface area (Å²) in [5, 5.41) is 4.04. The van der Waals surface area contributed by atoms with Crippen LogP contribution in [0.1, 0.15) is 23.2 Å². The van der Waals surface area contributed by atoms with Gasteiger partial charge in [-0.25, -0.2) is 0 Å². The van der Waals surface area contributed by atoms with E-state index in [4.69, 9.17) is 17.3 Å².